The van der Waals surface area contributed by atoms with E-state index in [9.17, 15) is 4.79 Å². The maximum Gasteiger partial charge on any atom is 0.322 e. The van der Waals surface area contributed by atoms with Gasteiger partial charge >= 0.3 is 5.97 Å². The number of hydrogen-bond donors (Lipinski definition) is 2. The van der Waals surface area contributed by atoms with Crippen molar-refractivity contribution in [2.24, 2.45) is 0 Å². The van der Waals surface area contributed by atoms with Crippen molar-refractivity contribution in [2.75, 3.05) is 19.6 Å². The Morgan fingerprint density at radius 3 is 2.69 bits per heavy atom. The lowest BCUT2D eigenvalue weighted by molar-refractivity contribution is -0.140. The van der Waals surface area contributed by atoms with E-state index in [2.05, 4.69) is 10.2 Å². The van der Waals surface area contributed by atoms with Crippen molar-refractivity contribution in [3.05, 3.63) is 0 Å². The first-order valence-corrected chi connectivity index (χ1v) is 4.99. The highest BCUT2D eigenvalue weighted by atomic mass is 16.4. The van der Waals surface area contributed by atoms with Crippen molar-refractivity contribution < 1.29 is 9.90 Å². The molecule has 4 nitrogen and oxygen atoms in total. The van der Waals surface area contributed by atoms with Crippen molar-refractivity contribution in [1.82, 2.24) is 10.2 Å². The fourth-order valence-corrected chi connectivity index (χ4v) is 2.41. The molecule has 0 bridgehead atoms. The van der Waals surface area contributed by atoms with Crippen molar-refractivity contribution in [2.45, 2.75) is 31.3 Å². The molecule has 2 heterocycles. The molecule has 4 heteroatoms. The van der Waals surface area contributed by atoms with Crippen molar-refractivity contribution in [3.8, 4) is 0 Å². The number of nitrogens with zero attached hydrogens (tertiary/aromatic N) is 1. The molecule has 0 unspecified atom stereocenters. The summed E-state index contributed by atoms with van der Waals surface area (Å²) in [5.41, 5.74) is 0. The molecule has 2 aliphatic heterocycles. The highest BCUT2D eigenvalue weighted by Gasteiger charge is 2.37. The molecule has 2 aliphatic rings. The molecule has 0 spiro atoms. The van der Waals surface area contributed by atoms with E-state index in [1.54, 1.807) is 0 Å². The van der Waals surface area contributed by atoms with E-state index in [0.29, 0.717) is 0 Å². The number of likely N-dealkylation sites (tertiary alicyclic amines) is 1. The zero-order valence-corrected chi connectivity index (χ0v) is 7.70. The number of aliphatic carboxylic acids is 1. The average molecular weight is 184 g/mol. The van der Waals surface area contributed by atoms with Crippen LogP contribution in [0, 0.1) is 0 Å². The fraction of sp³-hybridized carbons (Fsp3) is 0.889. The molecule has 0 radical (unpaired) electrons. The van der Waals surface area contributed by atoms with Crippen molar-refractivity contribution in [3.63, 3.8) is 0 Å². The molecule has 0 saturated carbocycles. The standard InChI is InChI=1S/C9H16N2O2/c12-9(13)8-7(3-4-10-8)11-5-1-2-6-11/h7-8,10H,1-6H2,(H,12,13)/t7-,8-/m1/s1. The van der Waals surface area contributed by atoms with Gasteiger partial charge in [-0.25, -0.2) is 0 Å². The first-order valence-electron chi connectivity index (χ1n) is 4.99. The summed E-state index contributed by atoms with van der Waals surface area (Å²) >= 11 is 0. The van der Waals surface area contributed by atoms with Crippen LogP contribution < -0.4 is 5.32 Å². The number of hydrogen-bond acceptors (Lipinski definition) is 3. The minimum Gasteiger partial charge on any atom is -0.480 e. The van der Waals surface area contributed by atoms with E-state index < -0.39 is 5.97 Å². The van der Waals surface area contributed by atoms with E-state index in [-0.39, 0.29) is 12.1 Å². The van der Waals surface area contributed by atoms with Crippen molar-refractivity contribution >= 4 is 5.97 Å². The van der Waals surface area contributed by atoms with Gasteiger partial charge < -0.3 is 10.4 Å². The highest BCUT2D eigenvalue weighted by Crippen LogP contribution is 2.20. The molecular formula is C9H16N2O2. The quantitative estimate of drug-likeness (QED) is 0.629. The van der Waals surface area contributed by atoms with Crippen LogP contribution in [0.1, 0.15) is 19.3 Å². The zero-order chi connectivity index (χ0) is 9.26. The van der Waals surface area contributed by atoms with Crippen LogP contribution in [0.5, 0.6) is 0 Å². The molecule has 0 aliphatic carbocycles. The fourth-order valence-electron chi connectivity index (χ4n) is 2.41. The summed E-state index contributed by atoms with van der Waals surface area (Å²) in [7, 11) is 0. The smallest absolute Gasteiger partial charge is 0.322 e. The van der Waals surface area contributed by atoms with Gasteiger partial charge in [-0.3, -0.25) is 9.69 Å². The summed E-state index contributed by atoms with van der Waals surface area (Å²) in [5, 5.41) is 12.0. The topological polar surface area (TPSA) is 52.6 Å². The molecular weight excluding hydrogens is 168 g/mol. The monoisotopic (exact) mass is 184 g/mol. The van der Waals surface area contributed by atoms with Gasteiger partial charge in [0.25, 0.3) is 0 Å². The average Bonchev–Trinajstić information content (AvgIpc) is 2.74. The van der Waals surface area contributed by atoms with Crippen LogP contribution in [0.15, 0.2) is 0 Å². The zero-order valence-electron chi connectivity index (χ0n) is 7.70. The lowest BCUT2D eigenvalue weighted by atomic mass is 10.1. The molecule has 0 aromatic heterocycles. The van der Waals surface area contributed by atoms with Gasteiger partial charge in [-0.1, -0.05) is 0 Å². The highest BCUT2D eigenvalue weighted by molar-refractivity contribution is 5.75. The molecule has 13 heavy (non-hydrogen) atoms. The molecule has 2 N–H and O–H groups in total. The second-order valence-electron chi connectivity index (χ2n) is 3.87. The Kier molecular flexibility index (Phi) is 2.51. The largest absolute Gasteiger partial charge is 0.480 e. The Bertz CT molecular complexity index is 202. The predicted octanol–water partition coefficient (Wildman–Crippen LogP) is -0.103. The number of nitrogens with one attached hydrogen (secondary N) is 1. The van der Waals surface area contributed by atoms with Crippen LogP contribution in [0.3, 0.4) is 0 Å². The van der Waals surface area contributed by atoms with Gasteiger partial charge in [0.15, 0.2) is 0 Å². The lowest BCUT2D eigenvalue weighted by Crippen LogP contribution is -2.46. The number of rotatable bonds is 2. The van der Waals surface area contributed by atoms with Crippen LogP contribution in [-0.4, -0.2) is 47.7 Å². The van der Waals surface area contributed by atoms with Gasteiger partial charge in [0, 0.05) is 6.04 Å². The first kappa shape index (κ1) is 8.97. The summed E-state index contributed by atoms with van der Waals surface area (Å²) in [5.74, 6) is -0.700. The Morgan fingerprint density at radius 2 is 2.08 bits per heavy atom. The summed E-state index contributed by atoms with van der Waals surface area (Å²) < 4.78 is 0. The second kappa shape index (κ2) is 3.64. The predicted molar refractivity (Wildman–Crippen MR) is 48.6 cm³/mol. The minimum atomic E-state index is -0.700. The summed E-state index contributed by atoms with van der Waals surface area (Å²) in [4.78, 5) is 13.2. The van der Waals surface area contributed by atoms with Crippen LogP contribution >= 0.6 is 0 Å². The van der Waals surface area contributed by atoms with Crippen LogP contribution in [-0.2, 0) is 4.79 Å². The maximum atomic E-state index is 10.9. The Balaban J connectivity index is 2.00. The molecule has 0 amide bonds. The number of carboxylic acid groups (broad SMARTS) is 1. The third kappa shape index (κ3) is 1.69. The normalized spacial score (nSPS) is 35.4. The van der Waals surface area contributed by atoms with E-state index in [4.69, 9.17) is 5.11 Å². The van der Waals surface area contributed by atoms with Gasteiger partial charge in [-0.15, -0.1) is 0 Å². The molecule has 2 saturated heterocycles. The molecule has 0 aromatic rings. The molecule has 2 rings (SSSR count). The lowest BCUT2D eigenvalue weighted by Gasteiger charge is -2.26. The Morgan fingerprint density at radius 1 is 1.38 bits per heavy atom. The van der Waals surface area contributed by atoms with Gasteiger partial charge in [-0.2, -0.15) is 0 Å². The Labute approximate surface area is 77.9 Å². The van der Waals surface area contributed by atoms with Gasteiger partial charge in [0.2, 0.25) is 0 Å². The molecule has 2 atom stereocenters. The third-order valence-corrected chi connectivity index (χ3v) is 3.06. The first-order chi connectivity index (χ1) is 6.29. The van der Waals surface area contributed by atoms with Crippen LogP contribution in [0.25, 0.3) is 0 Å². The molecule has 2 fully saturated rings. The summed E-state index contributed by atoms with van der Waals surface area (Å²) in [6, 6.07) is -0.0990. The van der Waals surface area contributed by atoms with Crippen LogP contribution in [0.4, 0.5) is 0 Å². The minimum absolute atomic E-state index is 0.236. The second-order valence-corrected chi connectivity index (χ2v) is 3.87. The van der Waals surface area contributed by atoms with Gasteiger partial charge in [0.05, 0.1) is 0 Å². The van der Waals surface area contributed by atoms with Gasteiger partial charge in [0.1, 0.15) is 6.04 Å². The SMILES string of the molecule is O=C(O)[C@@H]1NCC[C@H]1N1CCCC1. The van der Waals surface area contributed by atoms with E-state index in [1.165, 1.54) is 12.8 Å². The third-order valence-electron chi connectivity index (χ3n) is 3.06. The van der Waals surface area contributed by atoms with Gasteiger partial charge in [-0.05, 0) is 38.9 Å². The summed E-state index contributed by atoms with van der Waals surface area (Å²) in [6.07, 6.45) is 3.43. The van der Waals surface area contributed by atoms with E-state index in [1.807, 2.05) is 0 Å². The number of carboxylic acids is 1. The maximum absolute atomic E-state index is 10.9. The summed E-state index contributed by atoms with van der Waals surface area (Å²) in [6.45, 7) is 3.00. The van der Waals surface area contributed by atoms with E-state index in [0.717, 1.165) is 26.1 Å². The van der Waals surface area contributed by atoms with Crippen molar-refractivity contribution in [1.29, 1.82) is 0 Å². The Hall–Kier alpha value is -0.610. The number of carbonyl (C=O) groups is 1. The van der Waals surface area contributed by atoms with E-state index >= 15 is 0 Å². The molecule has 74 valence electrons. The van der Waals surface area contributed by atoms with Crippen LogP contribution in [0.2, 0.25) is 0 Å². The molecule has 0 aromatic carbocycles.